The number of hydrogen-bond donors (Lipinski definition) is 4. The maximum absolute atomic E-state index is 12.6. The first kappa shape index (κ1) is 33.6. The second-order valence-corrected chi connectivity index (χ2v) is 8.79. The lowest BCUT2D eigenvalue weighted by molar-refractivity contribution is -0.145. The molecule has 0 spiro atoms. The van der Waals surface area contributed by atoms with Gasteiger partial charge < -0.3 is 25.8 Å². The molecule has 0 aromatic heterocycles. The normalized spacial score (nSPS) is 11.8. The van der Waals surface area contributed by atoms with Gasteiger partial charge in [-0.25, -0.2) is 0 Å². The van der Waals surface area contributed by atoms with E-state index in [1.807, 2.05) is 0 Å². The number of esters is 2. The summed E-state index contributed by atoms with van der Waals surface area (Å²) in [4.78, 5) is 60.5. The lowest BCUT2D eigenvalue weighted by atomic mass is 10.1. The van der Waals surface area contributed by atoms with Gasteiger partial charge in [-0.15, -0.1) is 12.4 Å². The molecule has 1 aromatic carbocycles. The summed E-state index contributed by atoms with van der Waals surface area (Å²) < 4.78 is 10.3. The molecule has 202 valence electrons. The Balaban J connectivity index is 0.0000122. The Morgan fingerprint density at radius 2 is 1.72 bits per heavy atom. The third-order valence-electron chi connectivity index (χ3n) is 4.25. The van der Waals surface area contributed by atoms with Crippen molar-refractivity contribution in [3.63, 3.8) is 0 Å². The third-order valence-corrected chi connectivity index (χ3v) is 5.70. The zero-order valence-electron chi connectivity index (χ0n) is 19.7. The molecule has 3 amide bonds. The minimum absolute atomic E-state index is 0. The fourth-order valence-electron chi connectivity index (χ4n) is 2.50. The van der Waals surface area contributed by atoms with Crippen molar-refractivity contribution in [3.05, 3.63) is 28.7 Å². The predicted octanol–water partition coefficient (Wildman–Crippen LogP) is 1.75. The number of ether oxygens (including phenoxy) is 2. The number of hydrogen-bond acceptors (Lipinski definition) is 10. The second-order valence-electron chi connectivity index (χ2n) is 6.91. The third kappa shape index (κ3) is 12.5. The average Bonchev–Trinajstić information content (AvgIpc) is 2.83. The molecule has 0 aliphatic carbocycles. The maximum atomic E-state index is 12.6. The topological polar surface area (TPSA) is 177 Å². The van der Waals surface area contributed by atoms with Crippen LogP contribution in [0.15, 0.2) is 28.7 Å². The lowest BCUT2D eigenvalue weighted by Gasteiger charge is -2.20. The van der Waals surface area contributed by atoms with E-state index in [-0.39, 0.29) is 49.9 Å². The monoisotopic (exact) mass is 612 g/mol. The number of carbonyl (C=O) groups is 5. The quantitative estimate of drug-likeness (QED) is 0.146. The van der Waals surface area contributed by atoms with Crippen LogP contribution < -0.4 is 21.4 Å². The first-order valence-corrected chi connectivity index (χ1v) is 12.4. The molecule has 0 radical (unpaired) electrons. The van der Waals surface area contributed by atoms with Crippen LogP contribution >= 0.6 is 40.1 Å². The van der Waals surface area contributed by atoms with Gasteiger partial charge in [0.25, 0.3) is 0 Å². The number of halogens is 2. The van der Waals surface area contributed by atoms with E-state index in [9.17, 15) is 29.2 Å². The Kier molecular flexibility index (Phi) is 16.8. The molecule has 2 atom stereocenters. The first-order valence-electron chi connectivity index (χ1n) is 10.6. The second kappa shape index (κ2) is 17.9. The van der Waals surface area contributed by atoms with Crippen LogP contribution in [0.25, 0.3) is 0 Å². The number of nitrogens with two attached hydrogens (primary N) is 1. The van der Waals surface area contributed by atoms with Crippen molar-refractivity contribution < 1.29 is 38.7 Å². The fraction of sp³-hybridized carbons (Fsp3) is 0.476. The Morgan fingerprint density at radius 3 is 2.31 bits per heavy atom. The van der Waals surface area contributed by atoms with E-state index >= 15 is 0 Å². The highest BCUT2D eigenvalue weighted by atomic mass is 79.9. The van der Waals surface area contributed by atoms with Gasteiger partial charge in [0.05, 0.1) is 18.9 Å². The van der Waals surface area contributed by atoms with Gasteiger partial charge in [0.1, 0.15) is 18.6 Å². The van der Waals surface area contributed by atoms with E-state index in [1.165, 1.54) is 12.1 Å². The minimum Gasteiger partial charge on any atom is -0.465 e. The SMILES string of the molecule is CCOC(=O)CNC(=O)[C@H](CSC(=O)N(O)c1ccc(Br)cc1)NC(=O)CC[C@H](N)C(=O)OCC.Cl. The van der Waals surface area contributed by atoms with Crippen LogP contribution in [0.4, 0.5) is 10.5 Å². The van der Waals surface area contributed by atoms with Crippen LogP contribution in [0.3, 0.4) is 0 Å². The van der Waals surface area contributed by atoms with Gasteiger partial charge in [-0.05, 0) is 44.5 Å². The number of rotatable bonds is 13. The molecule has 0 saturated carbocycles. The molecule has 36 heavy (non-hydrogen) atoms. The Morgan fingerprint density at radius 1 is 1.11 bits per heavy atom. The van der Waals surface area contributed by atoms with Crippen molar-refractivity contribution >= 4 is 74.8 Å². The van der Waals surface area contributed by atoms with Crippen molar-refractivity contribution in [2.45, 2.75) is 38.8 Å². The lowest BCUT2D eigenvalue weighted by Crippen LogP contribution is -2.50. The zero-order chi connectivity index (χ0) is 26.4. The summed E-state index contributed by atoms with van der Waals surface area (Å²) >= 11 is 3.83. The molecule has 0 heterocycles. The van der Waals surface area contributed by atoms with E-state index in [0.29, 0.717) is 16.8 Å². The van der Waals surface area contributed by atoms with Gasteiger partial charge >= 0.3 is 17.2 Å². The first-order chi connectivity index (χ1) is 16.6. The highest BCUT2D eigenvalue weighted by Gasteiger charge is 2.25. The number of hydroxylamine groups is 1. The van der Waals surface area contributed by atoms with Crippen molar-refractivity contribution in [2.24, 2.45) is 5.73 Å². The van der Waals surface area contributed by atoms with Gasteiger partial charge in [-0.3, -0.25) is 29.2 Å². The van der Waals surface area contributed by atoms with Crippen molar-refractivity contribution in [3.8, 4) is 0 Å². The molecule has 1 aromatic rings. The molecule has 0 saturated heterocycles. The molecule has 12 nitrogen and oxygen atoms in total. The molecule has 0 bridgehead atoms. The number of anilines is 1. The van der Waals surface area contributed by atoms with E-state index in [0.717, 1.165) is 4.47 Å². The Hall–Kier alpha value is -2.39. The molecule has 0 aliphatic rings. The summed E-state index contributed by atoms with van der Waals surface area (Å²) in [6.45, 7) is 3.08. The molecule has 0 unspecified atom stereocenters. The Labute approximate surface area is 227 Å². The highest BCUT2D eigenvalue weighted by Crippen LogP contribution is 2.21. The number of thioether (sulfide) groups is 1. The number of benzene rings is 1. The molecule has 1 rings (SSSR count). The molecular weight excluding hydrogens is 584 g/mol. The van der Waals surface area contributed by atoms with E-state index in [4.69, 9.17) is 15.2 Å². The highest BCUT2D eigenvalue weighted by molar-refractivity contribution is 9.10. The van der Waals surface area contributed by atoms with Crippen LogP contribution in [-0.4, -0.2) is 71.8 Å². The molecular formula is C21H30BrClN4O8S. The van der Waals surface area contributed by atoms with Gasteiger partial charge in [0.2, 0.25) is 11.8 Å². The maximum Gasteiger partial charge on any atom is 0.325 e. The summed E-state index contributed by atoms with van der Waals surface area (Å²) in [7, 11) is 0. The summed E-state index contributed by atoms with van der Waals surface area (Å²) in [5.74, 6) is -2.93. The molecule has 0 aliphatic heterocycles. The molecule has 0 fully saturated rings. The number of nitrogens with zero attached hydrogens (tertiary/aromatic N) is 1. The smallest absolute Gasteiger partial charge is 0.325 e. The van der Waals surface area contributed by atoms with Gasteiger partial charge in [-0.1, -0.05) is 27.7 Å². The van der Waals surface area contributed by atoms with Crippen molar-refractivity contribution in [2.75, 3.05) is 30.6 Å². The molecule has 15 heteroatoms. The fourth-order valence-corrected chi connectivity index (χ4v) is 3.54. The zero-order valence-corrected chi connectivity index (χ0v) is 22.9. The van der Waals surface area contributed by atoms with Crippen molar-refractivity contribution in [1.82, 2.24) is 10.6 Å². The van der Waals surface area contributed by atoms with E-state index in [1.54, 1.807) is 26.0 Å². The predicted molar refractivity (Wildman–Crippen MR) is 139 cm³/mol. The largest absolute Gasteiger partial charge is 0.465 e. The van der Waals surface area contributed by atoms with Crippen molar-refractivity contribution in [1.29, 1.82) is 0 Å². The molecule has 5 N–H and O–H groups in total. The van der Waals surface area contributed by atoms with Crippen LogP contribution in [0, 0.1) is 0 Å². The summed E-state index contributed by atoms with van der Waals surface area (Å²) in [5, 5.41) is 14.5. The summed E-state index contributed by atoms with van der Waals surface area (Å²) in [6, 6.07) is 4.01. The average molecular weight is 614 g/mol. The van der Waals surface area contributed by atoms with Gasteiger partial charge in [0, 0.05) is 16.6 Å². The van der Waals surface area contributed by atoms with Crippen LogP contribution in [0.1, 0.15) is 26.7 Å². The number of amides is 3. The van der Waals surface area contributed by atoms with E-state index in [2.05, 4.69) is 26.6 Å². The van der Waals surface area contributed by atoms with Gasteiger partial charge in [0.15, 0.2) is 0 Å². The van der Waals surface area contributed by atoms with E-state index < -0.39 is 47.6 Å². The summed E-state index contributed by atoms with van der Waals surface area (Å²) in [5.41, 5.74) is 5.88. The van der Waals surface area contributed by atoms with Crippen LogP contribution in [0.5, 0.6) is 0 Å². The standard InChI is InChI=1S/C21H29BrN4O8S.ClH/c1-3-33-18(28)11-24-19(29)16(25-17(27)10-9-15(23)20(30)34-4-2)12-35-21(31)26(32)14-7-5-13(22)6-8-14;/h5-8,15-16,32H,3-4,9-12,23H2,1-2H3,(H,24,29)(H,25,27);1H/t15-,16-;/m0./s1. The minimum atomic E-state index is -1.23. The summed E-state index contributed by atoms with van der Waals surface area (Å²) in [6.07, 6.45) is -0.215. The van der Waals surface area contributed by atoms with Crippen LogP contribution in [-0.2, 0) is 28.7 Å². The number of carbonyl (C=O) groups excluding carboxylic acids is 5. The van der Waals surface area contributed by atoms with Gasteiger partial charge in [-0.2, -0.15) is 5.06 Å². The van der Waals surface area contributed by atoms with Crippen LogP contribution in [0.2, 0.25) is 0 Å². The number of nitrogens with one attached hydrogen (secondary N) is 2. The Bertz CT molecular complexity index is 893.